The molecule has 9 nitrogen and oxygen atoms in total. The predicted octanol–water partition coefficient (Wildman–Crippen LogP) is 5.01. The lowest BCUT2D eigenvalue weighted by atomic mass is 10.1. The van der Waals surface area contributed by atoms with Gasteiger partial charge in [0, 0.05) is 101 Å². The van der Waals surface area contributed by atoms with Crippen LogP contribution in [0.1, 0.15) is 97.8 Å². The number of hydrogen-bond acceptors (Lipinski definition) is 6. The quantitative estimate of drug-likeness (QED) is 0.183. The van der Waals surface area contributed by atoms with Gasteiger partial charge in [0.1, 0.15) is 0 Å². The topological polar surface area (TPSA) is 88.6 Å². The molecule has 0 spiro atoms. The van der Waals surface area contributed by atoms with E-state index in [1.54, 1.807) is 57.0 Å². The molecule has 0 aromatic rings. The Morgan fingerprint density at radius 3 is 0.923 bits per heavy atom. The summed E-state index contributed by atoms with van der Waals surface area (Å²) < 4.78 is 15.6. The lowest BCUT2D eigenvalue weighted by molar-refractivity contribution is -0.129. The van der Waals surface area contributed by atoms with Crippen molar-refractivity contribution in [2.24, 2.45) is 0 Å². The molecule has 39 heavy (non-hydrogen) atoms. The Bertz CT molecular complexity index is 557. The Kier molecular flexibility index (Phi) is 34.8. The molecule has 0 aliphatic carbocycles. The van der Waals surface area contributed by atoms with Crippen molar-refractivity contribution < 1.29 is 28.6 Å². The first-order chi connectivity index (χ1) is 18.5. The number of carbonyl (C=O) groups excluding carboxylic acids is 3. The van der Waals surface area contributed by atoms with E-state index >= 15 is 0 Å². The van der Waals surface area contributed by atoms with Crippen molar-refractivity contribution >= 4 is 17.7 Å². The maximum atomic E-state index is 11.2. The Morgan fingerprint density at radius 1 is 0.410 bits per heavy atom. The van der Waals surface area contributed by atoms with Gasteiger partial charge in [0.2, 0.25) is 17.7 Å². The summed E-state index contributed by atoms with van der Waals surface area (Å²) >= 11 is 0. The second-order valence-electron chi connectivity index (χ2n) is 9.89. The van der Waals surface area contributed by atoms with Crippen LogP contribution < -0.4 is 0 Å². The molecule has 0 aromatic heterocycles. The number of ether oxygens (including phenoxy) is 3. The highest BCUT2D eigenvalue weighted by molar-refractivity contribution is 5.76. The molecule has 3 amide bonds. The van der Waals surface area contributed by atoms with Crippen LogP contribution in [0.25, 0.3) is 0 Å². The zero-order chi connectivity index (χ0) is 30.3. The zero-order valence-electron chi connectivity index (χ0n) is 27.0. The molecule has 0 rings (SSSR count). The maximum absolute atomic E-state index is 11.2. The normalized spacial score (nSPS) is 10.1. The molecule has 0 saturated heterocycles. The van der Waals surface area contributed by atoms with Crippen LogP contribution in [0.5, 0.6) is 0 Å². The van der Waals surface area contributed by atoms with Crippen molar-refractivity contribution in [3.05, 3.63) is 0 Å². The minimum Gasteiger partial charge on any atom is -0.382 e. The molecular formula is C30H63N3O6. The summed E-state index contributed by atoms with van der Waals surface area (Å²) in [6.45, 7) is 10.8. The van der Waals surface area contributed by atoms with E-state index in [0.29, 0.717) is 19.3 Å². The van der Waals surface area contributed by atoms with E-state index in [1.807, 2.05) is 20.8 Å². The van der Waals surface area contributed by atoms with Gasteiger partial charge in [-0.25, -0.2) is 0 Å². The molecule has 234 valence electrons. The molecule has 0 aromatic carbocycles. The van der Waals surface area contributed by atoms with E-state index in [2.05, 4.69) is 0 Å². The van der Waals surface area contributed by atoms with Crippen molar-refractivity contribution in [3.63, 3.8) is 0 Å². The summed E-state index contributed by atoms with van der Waals surface area (Å²) in [7, 11) is 10.8. The molecule has 9 heteroatoms. The number of unbranched alkanes of at least 4 members (excludes halogenated alkanes) is 6. The number of hydrogen-bond donors (Lipinski definition) is 0. The average molecular weight is 562 g/mol. The molecule has 0 saturated carbocycles. The summed E-state index contributed by atoms with van der Waals surface area (Å²) in [6.07, 6.45) is 11.4. The molecule has 0 radical (unpaired) electrons. The van der Waals surface area contributed by atoms with E-state index in [9.17, 15) is 14.4 Å². The third-order valence-electron chi connectivity index (χ3n) is 5.65. The molecule has 0 atom stereocenters. The average Bonchev–Trinajstić information content (AvgIpc) is 2.90. The van der Waals surface area contributed by atoms with Gasteiger partial charge in [0.15, 0.2) is 0 Å². The second kappa shape index (κ2) is 32.5. The van der Waals surface area contributed by atoms with Gasteiger partial charge in [0.25, 0.3) is 0 Å². The summed E-state index contributed by atoms with van der Waals surface area (Å²) in [4.78, 5) is 38.3. The largest absolute Gasteiger partial charge is 0.382 e. The van der Waals surface area contributed by atoms with Gasteiger partial charge in [-0.15, -0.1) is 0 Å². The molecule has 0 fully saturated rings. The number of carbonyl (C=O) groups is 3. The lowest BCUT2D eigenvalue weighted by Gasteiger charge is -2.09. The molecule has 0 heterocycles. The van der Waals surface area contributed by atoms with Crippen LogP contribution in [0.4, 0.5) is 0 Å². The van der Waals surface area contributed by atoms with Gasteiger partial charge >= 0.3 is 0 Å². The van der Waals surface area contributed by atoms with Gasteiger partial charge in [-0.3, -0.25) is 14.4 Å². The van der Waals surface area contributed by atoms with Gasteiger partial charge in [-0.2, -0.15) is 0 Å². The summed E-state index contributed by atoms with van der Waals surface area (Å²) in [6, 6.07) is 0. The van der Waals surface area contributed by atoms with Gasteiger partial charge in [-0.05, 0) is 59.3 Å². The Hall–Kier alpha value is -1.71. The lowest BCUT2D eigenvalue weighted by Crippen LogP contribution is -2.21. The molecule has 0 aliphatic heterocycles. The van der Waals surface area contributed by atoms with Gasteiger partial charge in [0.05, 0.1) is 0 Å². The van der Waals surface area contributed by atoms with Crippen LogP contribution in [0, 0.1) is 0 Å². The number of rotatable bonds is 21. The van der Waals surface area contributed by atoms with Crippen molar-refractivity contribution in [2.45, 2.75) is 97.8 Å². The third-order valence-corrected chi connectivity index (χ3v) is 5.65. The molecule has 0 aliphatic rings. The summed E-state index contributed by atoms with van der Waals surface area (Å²) in [5.41, 5.74) is 0. The van der Waals surface area contributed by atoms with Crippen LogP contribution in [0.3, 0.4) is 0 Å². The zero-order valence-corrected chi connectivity index (χ0v) is 27.0. The van der Waals surface area contributed by atoms with Crippen molar-refractivity contribution in [1.82, 2.24) is 14.7 Å². The molecule has 0 N–H and O–H groups in total. The maximum Gasteiger partial charge on any atom is 0.222 e. The predicted molar refractivity (Wildman–Crippen MR) is 161 cm³/mol. The minimum atomic E-state index is 0.200. The molecule has 0 bridgehead atoms. The third kappa shape index (κ3) is 36.3. The molecule has 0 unspecified atom stereocenters. The fraction of sp³-hybridized carbons (Fsp3) is 0.900. The van der Waals surface area contributed by atoms with Crippen LogP contribution >= 0.6 is 0 Å². The first-order valence-electron chi connectivity index (χ1n) is 14.9. The SMILES string of the molecule is CCOCCCCC(=O)N(C)C.CCOCCCCCC(=O)N(C)C.CCOCCCCCCC(=O)N(C)C. The molecular weight excluding hydrogens is 498 g/mol. The van der Waals surface area contributed by atoms with Crippen LogP contribution in [0.2, 0.25) is 0 Å². The monoisotopic (exact) mass is 561 g/mol. The van der Waals surface area contributed by atoms with Crippen molar-refractivity contribution in [1.29, 1.82) is 0 Å². The first kappa shape index (κ1) is 41.8. The van der Waals surface area contributed by atoms with Gasteiger partial charge in [-0.1, -0.05) is 19.3 Å². The van der Waals surface area contributed by atoms with E-state index in [4.69, 9.17) is 14.2 Å². The van der Waals surface area contributed by atoms with Crippen molar-refractivity contribution in [2.75, 3.05) is 81.9 Å². The second-order valence-corrected chi connectivity index (χ2v) is 9.89. The van der Waals surface area contributed by atoms with E-state index in [1.165, 1.54) is 6.42 Å². The Labute approximate surface area is 240 Å². The minimum absolute atomic E-state index is 0.200. The first-order valence-corrected chi connectivity index (χ1v) is 14.9. The van der Waals surface area contributed by atoms with E-state index < -0.39 is 0 Å². The highest BCUT2D eigenvalue weighted by Crippen LogP contribution is 2.04. The van der Waals surface area contributed by atoms with Crippen LogP contribution in [0.15, 0.2) is 0 Å². The Morgan fingerprint density at radius 2 is 0.641 bits per heavy atom. The van der Waals surface area contributed by atoms with Crippen molar-refractivity contribution in [3.8, 4) is 0 Å². The number of amides is 3. The number of nitrogens with zero attached hydrogens (tertiary/aromatic N) is 3. The fourth-order valence-electron chi connectivity index (χ4n) is 3.08. The van der Waals surface area contributed by atoms with E-state index in [0.717, 1.165) is 91.0 Å². The van der Waals surface area contributed by atoms with Crippen LogP contribution in [-0.4, -0.2) is 114 Å². The smallest absolute Gasteiger partial charge is 0.222 e. The summed E-state index contributed by atoms with van der Waals surface area (Å²) in [5.74, 6) is 0.651. The van der Waals surface area contributed by atoms with E-state index in [-0.39, 0.29) is 17.7 Å². The highest BCUT2D eigenvalue weighted by atomic mass is 16.5. The standard InChI is InChI=1S/C11H23NO2.C10H21NO2.C9H19NO2/c1-4-14-10-8-6-5-7-9-11(13)12(2)3;1-4-13-9-7-5-6-8-10(12)11(2)3;1-4-12-8-6-5-7-9(11)10(2)3/h4-10H2,1-3H3;4-9H2,1-3H3;4-8H2,1-3H3. The highest BCUT2D eigenvalue weighted by Gasteiger charge is 2.03. The van der Waals surface area contributed by atoms with Gasteiger partial charge < -0.3 is 28.9 Å². The summed E-state index contributed by atoms with van der Waals surface area (Å²) in [5, 5.41) is 0. The van der Waals surface area contributed by atoms with Crippen LogP contribution in [-0.2, 0) is 28.6 Å². The Balaban J connectivity index is -0.000000500. The fourth-order valence-corrected chi connectivity index (χ4v) is 3.08.